The zero-order chi connectivity index (χ0) is 23.1. The Labute approximate surface area is 193 Å². The first-order valence-electron chi connectivity index (χ1n) is 11.2. The molecule has 1 fully saturated rings. The average molecular weight is 458 g/mol. The molecule has 0 saturated carbocycles. The molecule has 0 spiro atoms. The van der Waals surface area contributed by atoms with E-state index in [4.69, 9.17) is 4.74 Å². The summed E-state index contributed by atoms with van der Waals surface area (Å²) in [5.74, 6) is -0.711. The van der Waals surface area contributed by atoms with Crippen LogP contribution in [-0.2, 0) is 20.7 Å². The topological polar surface area (TPSA) is 79.8 Å². The number of esters is 1. The van der Waals surface area contributed by atoms with E-state index in [0.717, 1.165) is 23.3 Å². The minimum Gasteiger partial charge on any atom is -0.461 e. The molecule has 2 heterocycles. The predicted molar refractivity (Wildman–Crippen MR) is 125 cm³/mol. The zero-order valence-electron chi connectivity index (χ0n) is 19.0. The molecule has 1 aromatic heterocycles. The summed E-state index contributed by atoms with van der Waals surface area (Å²) in [6, 6.07) is 9.97. The van der Waals surface area contributed by atoms with Gasteiger partial charge in [0.1, 0.15) is 0 Å². The molecule has 0 bridgehead atoms. The Bertz CT molecular complexity index is 944. The third kappa shape index (κ3) is 5.73. The molecule has 0 N–H and O–H groups in total. The van der Waals surface area contributed by atoms with Crippen molar-refractivity contribution in [3.63, 3.8) is 0 Å². The quantitative estimate of drug-likeness (QED) is 0.563. The number of likely N-dealkylation sites (tertiary alicyclic amines) is 1. The van der Waals surface area contributed by atoms with Gasteiger partial charge in [0.05, 0.1) is 12.5 Å². The van der Waals surface area contributed by atoms with Gasteiger partial charge in [-0.2, -0.15) is 0 Å². The van der Waals surface area contributed by atoms with Crippen LogP contribution in [0, 0.1) is 12.8 Å². The number of benzene rings is 1. The molecular weight excluding hydrogens is 426 g/mol. The first-order valence-corrected chi connectivity index (χ1v) is 12.0. The third-order valence-corrected chi connectivity index (χ3v) is 6.64. The van der Waals surface area contributed by atoms with Gasteiger partial charge in [-0.25, -0.2) is 9.78 Å². The summed E-state index contributed by atoms with van der Waals surface area (Å²) < 4.78 is 5.12. The summed E-state index contributed by atoms with van der Waals surface area (Å²) in [5.41, 5.74) is 1.38. The Morgan fingerprint density at radius 3 is 2.66 bits per heavy atom. The number of hydrogen-bond donors (Lipinski definition) is 0. The maximum atomic E-state index is 13.6. The van der Waals surface area contributed by atoms with Crippen molar-refractivity contribution < 1.29 is 19.1 Å². The Kier molecular flexibility index (Phi) is 8.39. The van der Waals surface area contributed by atoms with Gasteiger partial charge in [-0.1, -0.05) is 37.3 Å². The SMILES string of the molecule is CCOC(=O)c1nc(N(CCc2ccccc2)C(=O)C2CCCN(C(=O)CC)C2)sc1C. The predicted octanol–water partition coefficient (Wildman–Crippen LogP) is 3.85. The minimum atomic E-state index is -0.472. The van der Waals surface area contributed by atoms with Crippen LogP contribution < -0.4 is 4.90 Å². The highest BCUT2D eigenvalue weighted by molar-refractivity contribution is 7.16. The number of amides is 2. The molecule has 3 rings (SSSR count). The lowest BCUT2D eigenvalue weighted by Crippen LogP contribution is -2.47. The number of rotatable bonds is 8. The fourth-order valence-electron chi connectivity index (χ4n) is 3.92. The van der Waals surface area contributed by atoms with Crippen molar-refractivity contribution >= 4 is 34.3 Å². The lowest BCUT2D eigenvalue weighted by molar-refractivity contribution is -0.134. The van der Waals surface area contributed by atoms with Gasteiger partial charge in [-0.3, -0.25) is 14.5 Å². The van der Waals surface area contributed by atoms with Crippen LogP contribution in [-0.4, -0.2) is 53.9 Å². The summed E-state index contributed by atoms with van der Waals surface area (Å²) in [5, 5.41) is 0.505. The summed E-state index contributed by atoms with van der Waals surface area (Å²) in [4.78, 5) is 46.8. The van der Waals surface area contributed by atoms with Gasteiger partial charge in [0.15, 0.2) is 10.8 Å². The normalized spacial score (nSPS) is 16.0. The number of thiazole rings is 1. The zero-order valence-corrected chi connectivity index (χ0v) is 19.8. The molecule has 32 heavy (non-hydrogen) atoms. The molecule has 1 aliphatic heterocycles. The van der Waals surface area contributed by atoms with E-state index in [1.807, 2.05) is 44.2 Å². The van der Waals surface area contributed by atoms with Crippen LogP contribution in [0.15, 0.2) is 30.3 Å². The molecule has 2 aromatic rings. The summed E-state index contributed by atoms with van der Waals surface area (Å²) in [6.07, 6.45) is 2.65. The van der Waals surface area contributed by atoms with Crippen LogP contribution in [0.3, 0.4) is 0 Å². The maximum absolute atomic E-state index is 13.6. The fraction of sp³-hybridized carbons (Fsp3) is 0.500. The highest BCUT2D eigenvalue weighted by atomic mass is 32.1. The monoisotopic (exact) mass is 457 g/mol. The summed E-state index contributed by atoms with van der Waals surface area (Å²) in [7, 11) is 0. The van der Waals surface area contributed by atoms with Gasteiger partial charge in [-0.15, -0.1) is 11.3 Å². The first-order chi connectivity index (χ1) is 15.4. The van der Waals surface area contributed by atoms with Crippen LogP contribution in [0.1, 0.15) is 54.0 Å². The second-order valence-corrected chi connectivity index (χ2v) is 9.06. The number of anilines is 1. The highest BCUT2D eigenvalue weighted by Gasteiger charge is 2.33. The number of nitrogens with zero attached hydrogens (tertiary/aromatic N) is 3. The van der Waals surface area contributed by atoms with Gasteiger partial charge in [0, 0.05) is 30.9 Å². The van der Waals surface area contributed by atoms with Crippen molar-refractivity contribution in [2.45, 2.75) is 46.5 Å². The van der Waals surface area contributed by atoms with Crippen LogP contribution >= 0.6 is 11.3 Å². The molecular formula is C24H31N3O4S. The molecule has 1 saturated heterocycles. The van der Waals surface area contributed by atoms with Crippen molar-refractivity contribution in [2.75, 3.05) is 31.1 Å². The van der Waals surface area contributed by atoms with Crippen LogP contribution in [0.2, 0.25) is 0 Å². The fourth-order valence-corrected chi connectivity index (χ4v) is 4.85. The van der Waals surface area contributed by atoms with E-state index >= 15 is 0 Å². The van der Waals surface area contributed by atoms with Crippen LogP contribution in [0.4, 0.5) is 5.13 Å². The van der Waals surface area contributed by atoms with Gasteiger partial charge in [0.25, 0.3) is 0 Å². The van der Waals surface area contributed by atoms with E-state index in [1.54, 1.807) is 16.7 Å². The van der Waals surface area contributed by atoms with Gasteiger partial charge in [-0.05, 0) is 38.7 Å². The maximum Gasteiger partial charge on any atom is 0.358 e. The first kappa shape index (κ1) is 23.9. The lowest BCUT2D eigenvalue weighted by atomic mass is 9.96. The van der Waals surface area contributed by atoms with E-state index in [1.165, 1.54) is 11.3 Å². The Morgan fingerprint density at radius 1 is 1.22 bits per heavy atom. The smallest absolute Gasteiger partial charge is 0.358 e. The minimum absolute atomic E-state index is 0.0429. The largest absolute Gasteiger partial charge is 0.461 e. The Morgan fingerprint density at radius 2 is 1.97 bits per heavy atom. The summed E-state index contributed by atoms with van der Waals surface area (Å²) >= 11 is 1.33. The molecule has 1 aromatic carbocycles. The molecule has 0 aliphatic carbocycles. The van der Waals surface area contributed by atoms with E-state index in [0.29, 0.717) is 37.6 Å². The molecule has 172 valence electrons. The Balaban J connectivity index is 1.85. The van der Waals surface area contributed by atoms with Crippen LogP contribution in [0.25, 0.3) is 0 Å². The summed E-state index contributed by atoms with van der Waals surface area (Å²) in [6.45, 7) is 7.26. The average Bonchev–Trinajstić information content (AvgIpc) is 3.20. The lowest BCUT2D eigenvalue weighted by Gasteiger charge is -2.34. The third-order valence-electron chi connectivity index (χ3n) is 5.64. The van der Waals surface area contributed by atoms with Gasteiger partial charge in [0.2, 0.25) is 11.8 Å². The van der Waals surface area contributed by atoms with Gasteiger partial charge >= 0.3 is 5.97 Å². The molecule has 1 aliphatic rings. The molecule has 8 heteroatoms. The van der Waals surface area contributed by atoms with E-state index in [9.17, 15) is 14.4 Å². The standard InChI is InChI=1S/C24H31N3O4S/c1-4-20(28)26-14-9-12-19(16-26)22(29)27(15-13-18-10-7-6-8-11-18)24-25-21(17(3)32-24)23(30)31-5-2/h6-8,10-11,19H,4-5,9,12-16H2,1-3H3. The number of ether oxygens (including phenoxy) is 1. The van der Waals surface area contributed by atoms with Crippen molar-refractivity contribution in [1.29, 1.82) is 0 Å². The number of carbonyl (C=O) groups is 3. The van der Waals surface area contributed by atoms with E-state index in [-0.39, 0.29) is 30.0 Å². The second-order valence-electron chi connectivity index (χ2n) is 7.88. The van der Waals surface area contributed by atoms with Crippen molar-refractivity contribution in [3.8, 4) is 0 Å². The van der Waals surface area contributed by atoms with E-state index < -0.39 is 5.97 Å². The van der Waals surface area contributed by atoms with Crippen molar-refractivity contribution in [1.82, 2.24) is 9.88 Å². The number of aryl methyl sites for hydroxylation is 1. The number of piperidine rings is 1. The number of carbonyl (C=O) groups excluding carboxylic acids is 3. The van der Waals surface area contributed by atoms with Crippen LogP contribution in [0.5, 0.6) is 0 Å². The molecule has 7 nitrogen and oxygen atoms in total. The molecule has 1 unspecified atom stereocenters. The van der Waals surface area contributed by atoms with Gasteiger partial charge < -0.3 is 9.64 Å². The molecule has 0 radical (unpaired) electrons. The Hall–Kier alpha value is -2.74. The molecule has 2 amide bonds. The number of aromatic nitrogens is 1. The van der Waals surface area contributed by atoms with Crippen molar-refractivity contribution in [2.24, 2.45) is 5.92 Å². The van der Waals surface area contributed by atoms with E-state index in [2.05, 4.69) is 4.98 Å². The molecule has 1 atom stereocenters. The second kappa shape index (κ2) is 11.2. The van der Waals surface area contributed by atoms with Crippen molar-refractivity contribution in [3.05, 3.63) is 46.5 Å². The number of hydrogen-bond acceptors (Lipinski definition) is 6. The highest BCUT2D eigenvalue weighted by Crippen LogP contribution is 2.29.